The number of esters is 1. The number of ether oxygens (including phenoxy) is 1. The maximum atomic E-state index is 11.4. The molecule has 1 unspecified atom stereocenters. The van der Waals surface area contributed by atoms with Gasteiger partial charge in [0, 0.05) is 12.4 Å². The van der Waals surface area contributed by atoms with Crippen LogP contribution in [0, 0.1) is 0 Å². The lowest BCUT2D eigenvalue weighted by atomic mass is 10.3. The van der Waals surface area contributed by atoms with Gasteiger partial charge in [0.1, 0.15) is 5.69 Å². The van der Waals surface area contributed by atoms with Crippen molar-refractivity contribution in [3.8, 4) is 0 Å². The number of nitrogens with zero attached hydrogens (tertiary/aromatic N) is 2. The molecule has 1 rings (SSSR count). The molecule has 0 fully saturated rings. The molecule has 7 nitrogen and oxygen atoms in total. The van der Waals surface area contributed by atoms with E-state index in [4.69, 9.17) is 0 Å². The van der Waals surface area contributed by atoms with Crippen LogP contribution in [0.4, 0.5) is 0 Å². The molecule has 0 aliphatic rings. The maximum absolute atomic E-state index is 11.4. The summed E-state index contributed by atoms with van der Waals surface area (Å²) in [6, 6.07) is 0. The molecule has 0 aliphatic carbocycles. The Bertz CT molecular complexity index is 368. The highest BCUT2D eigenvalue weighted by Crippen LogP contribution is 1.91. The molecule has 2 N–H and O–H groups in total. The second-order valence-electron chi connectivity index (χ2n) is 2.84. The summed E-state index contributed by atoms with van der Waals surface area (Å²) in [5.74, 6) is -1.32. The van der Waals surface area contributed by atoms with Gasteiger partial charge >= 0.3 is 5.97 Å². The fourth-order valence-corrected chi connectivity index (χ4v) is 0.916. The van der Waals surface area contributed by atoms with Crippen LogP contribution in [0.3, 0.4) is 0 Å². The summed E-state index contributed by atoms with van der Waals surface area (Å²) in [7, 11) is 1.15. The van der Waals surface area contributed by atoms with Crippen molar-refractivity contribution in [3.05, 3.63) is 24.3 Å². The molecule has 0 saturated heterocycles. The minimum absolute atomic E-state index is 0.111. The predicted molar refractivity (Wildman–Crippen MR) is 52.4 cm³/mol. The highest BCUT2D eigenvalue weighted by molar-refractivity contribution is 5.92. The van der Waals surface area contributed by atoms with Gasteiger partial charge in [0.15, 0.2) is 6.10 Å². The minimum Gasteiger partial charge on any atom is -0.467 e. The van der Waals surface area contributed by atoms with Crippen molar-refractivity contribution in [2.75, 3.05) is 13.7 Å². The van der Waals surface area contributed by atoms with Crippen molar-refractivity contribution in [1.29, 1.82) is 0 Å². The second-order valence-corrected chi connectivity index (χ2v) is 2.84. The van der Waals surface area contributed by atoms with Gasteiger partial charge in [0.25, 0.3) is 5.91 Å². The predicted octanol–water partition coefficient (Wildman–Crippen LogP) is -1.26. The number of rotatable bonds is 4. The van der Waals surface area contributed by atoms with Crippen LogP contribution in [0.15, 0.2) is 18.6 Å². The average Bonchev–Trinajstić information content (AvgIpc) is 2.35. The topological polar surface area (TPSA) is 101 Å². The largest absolute Gasteiger partial charge is 0.467 e. The normalized spacial score (nSPS) is 11.6. The lowest BCUT2D eigenvalue weighted by molar-refractivity contribution is -0.149. The van der Waals surface area contributed by atoms with Gasteiger partial charge < -0.3 is 15.2 Å². The van der Waals surface area contributed by atoms with E-state index < -0.39 is 18.0 Å². The first-order valence-corrected chi connectivity index (χ1v) is 4.45. The summed E-state index contributed by atoms with van der Waals surface area (Å²) in [4.78, 5) is 29.6. The van der Waals surface area contributed by atoms with E-state index in [0.717, 1.165) is 7.11 Å². The summed E-state index contributed by atoms with van der Waals surface area (Å²) < 4.78 is 4.28. The number of carbonyl (C=O) groups excluding carboxylic acids is 2. The highest BCUT2D eigenvalue weighted by Gasteiger charge is 2.16. The van der Waals surface area contributed by atoms with Crippen molar-refractivity contribution in [3.63, 3.8) is 0 Å². The van der Waals surface area contributed by atoms with Crippen LogP contribution >= 0.6 is 0 Å². The van der Waals surface area contributed by atoms with E-state index in [1.807, 2.05) is 0 Å². The van der Waals surface area contributed by atoms with Crippen molar-refractivity contribution in [1.82, 2.24) is 15.3 Å². The van der Waals surface area contributed by atoms with Gasteiger partial charge in [0.05, 0.1) is 19.9 Å². The maximum Gasteiger partial charge on any atom is 0.336 e. The van der Waals surface area contributed by atoms with Gasteiger partial charge in [-0.25, -0.2) is 9.78 Å². The molecule has 1 amide bonds. The minimum atomic E-state index is -1.38. The third-order valence-electron chi connectivity index (χ3n) is 1.73. The molecular weight excluding hydrogens is 214 g/mol. The number of carbonyl (C=O) groups is 2. The van der Waals surface area contributed by atoms with Gasteiger partial charge in [0.2, 0.25) is 0 Å². The first-order chi connectivity index (χ1) is 7.65. The third-order valence-corrected chi connectivity index (χ3v) is 1.73. The van der Waals surface area contributed by atoms with Gasteiger partial charge in [-0.1, -0.05) is 0 Å². The number of methoxy groups -OCH3 is 1. The fourth-order valence-electron chi connectivity index (χ4n) is 0.916. The average molecular weight is 225 g/mol. The van der Waals surface area contributed by atoms with Crippen molar-refractivity contribution >= 4 is 11.9 Å². The van der Waals surface area contributed by atoms with Gasteiger partial charge in [-0.05, 0) is 0 Å². The molecule has 0 aromatic carbocycles. The highest BCUT2D eigenvalue weighted by atomic mass is 16.5. The zero-order valence-electron chi connectivity index (χ0n) is 8.58. The zero-order chi connectivity index (χ0) is 12.0. The summed E-state index contributed by atoms with van der Waals surface area (Å²) in [5.41, 5.74) is 0.111. The third kappa shape index (κ3) is 3.28. The number of hydrogen-bond donors (Lipinski definition) is 2. The monoisotopic (exact) mass is 225 g/mol. The van der Waals surface area contributed by atoms with E-state index >= 15 is 0 Å². The smallest absolute Gasteiger partial charge is 0.336 e. The first-order valence-electron chi connectivity index (χ1n) is 4.45. The molecule has 0 aliphatic heterocycles. The van der Waals surface area contributed by atoms with Crippen molar-refractivity contribution in [2.24, 2.45) is 0 Å². The van der Waals surface area contributed by atoms with Gasteiger partial charge in [-0.15, -0.1) is 0 Å². The summed E-state index contributed by atoms with van der Waals surface area (Å²) in [6.45, 7) is -0.234. The molecule has 1 aromatic rings. The van der Waals surface area contributed by atoms with E-state index in [-0.39, 0.29) is 12.2 Å². The Labute approximate surface area is 91.5 Å². The number of aromatic nitrogens is 2. The number of nitrogens with one attached hydrogen (secondary N) is 1. The molecule has 1 aromatic heterocycles. The number of aliphatic hydroxyl groups is 1. The molecule has 1 heterocycles. The first kappa shape index (κ1) is 12.1. The summed E-state index contributed by atoms with van der Waals surface area (Å²) in [5, 5.41) is 11.5. The molecule has 1 atom stereocenters. The van der Waals surface area contributed by atoms with Crippen molar-refractivity contribution in [2.45, 2.75) is 6.10 Å². The van der Waals surface area contributed by atoms with Crippen LogP contribution < -0.4 is 5.32 Å². The number of aliphatic hydroxyl groups excluding tert-OH is 1. The van der Waals surface area contributed by atoms with Crippen LogP contribution in [0.25, 0.3) is 0 Å². The van der Waals surface area contributed by atoms with Crippen LogP contribution in [-0.4, -0.2) is 46.7 Å². The second kappa shape index (κ2) is 5.76. The quantitative estimate of drug-likeness (QED) is 0.620. The Hall–Kier alpha value is -2.02. The Morgan fingerprint density at radius 3 is 2.88 bits per heavy atom. The van der Waals surface area contributed by atoms with Crippen LogP contribution in [-0.2, 0) is 9.53 Å². The van der Waals surface area contributed by atoms with E-state index in [2.05, 4.69) is 20.0 Å². The molecule has 7 heteroatoms. The molecule has 0 spiro atoms. The lowest BCUT2D eigenvalue weighted by Gasteiger charge is -2.08. The van der Waals surface area contributed by atoms with Crippen LogP contribution in [0.2, 0.25) is 0 Å². The molecule has 16 heavy (non-hydrogen) atoms. The van der Waals surface area contributed by atoms with Gasteiger partial charge in [-0.3, -0.25) is 9.78 Å². The Kier molecular flexibility index (Phi) is 4.34. The van der Waals surface area contributed by atoms with E-state index in [9.17, 15) is 14.7 Å². The SMILES string of the molecule is COC(=O)C(O)CNC(=O)c1cnccn1. The zero-order valence-corrected chi connectivity index (χ0v) is 8.58. The standard InChI is InChI=1S/C9H11N3O4/c1-16-9(15)7(13)5-12-8(14)6-4-10-2-3-11-6/h2-4,7,13H,5H2,1H3,(H,12,14). The van der Waals surface area contributed by atoms with E-state index in [1.54, 1.807) is 0 Å². The Balaban J connectivity index is 2.45. The molecule has 0 saturated carbocycles. The fraction of sp³-hybridized carbons (Fsp3) is 0.333. The molecule has 86 valence electrons. The van der Waals surface area contributed by atoms with Crippen LogP contribution in [0.5, 0.6) is 0 Å². The van der Waals surface area contributed by atoms with Gasteiger partial charge in [-0.2, -0.15) is 0 Å². The van der Waals surface area contributed by atoms with Crippen molar-refractivity contribution < 1.29 is 19.4 Å². The Morgan fingerprint density at radius 1 is 1.56 bits per heavy atom. The molecule has 0 bridgehead atoms. The van der Waals surface area contributed by atoms with Crippen LogP contribution in [0.1, 0.15) is 10.5 Å². The van der Waals surface area contributed by atoms with E-state index in [0.29, 0.717) is 0 Å². The lowest BCUT2D eigenvalue weighted by Crippen LogP contribution is -2.37. The summed E-state index contributed by atoms with van der Waals surface area (Å²) >= 11 is 0. The summed E-state index contributed by atoms with van der Waals surface area (Å²) in [6.07, 6.45) is 2.69. The molecular formula is C9H11N3O4. The van der Waals surface area contributed by atoms with E-state index in [1.165, 1.54) is 18.6 Å². The Morgan fingerprint density at radius 2 is 2.31 bits per heavy atom. The molecule has 0 radical (unpaired) electrons. The number of hydrogen-bond acceptors (Lipinski definition) is 6. The number of amides is 1.